The molecule has 0 radical (unpaired) electrons. The van der Waals surface area contributed by atoms with Gasteiger partial charge in [-0.1, -0.05) is 20.8 Å². The minimum absolute atomic E-state index is 0.0290. The van der Waals surface area contributed by atoms with Gasteiger partial charge in [0.05, 0.1) is 12.5 Å². The highest BCUT2D eigenvalue weighted by Gasteiger charge is 2.34. The van der Waals surface area contributed by atoms with E-state index in [4.69, 9.17) is 4.74 Å². The molecular weight excluding hydrogens is 128 g/mol. The van der Waals surface area contributed by atoms with Crippen molar-refractivity contribution >= 4 is 5.97 Å². The van der Waals surface area contributed by atoms with Crippen LogP contribution >= 0.6 is 0 Å². The fourth-order valence-electron chi connectivity index (χ4n) is 1.40. The van der Waals surface area contributed by atoms with Gasteiger partial charge in [0.25, 0.3) is 0 Å². The van der Waals surface area contributed by atoms with Crippen molar-refractivity contribution in [2.45, 2.75) is 20.8 Å². The average molecular weight is 142 g/mol. The first-order valence-electron chi connectivity index (χ1n) is 3.79. The fraction of sp³-hybridized carbons (Fsp3) is 0.875. The van der Waals surface area contributed by atoms with E-state index in [-0.39, 0.29) is 11.9 Å². The van der Waals surface area contributed by atoms with Crippen molar-refractivity contribution in [1.29, 1.82) is 0 Å². The van der Waals surface area contributed by atoms with Crippen molar-refractivity contribution in [3.05, 3.63) is 0 Å². The Morgan fingerprint density at radius 2 is 2.20 bits per heavy atom. The van der Waals surface area contributed by atoms with Gasteiger partial charge in [0.2, 0.25) is 0 Å². The van der Waals surface area contributed by atoms with Crippen LogP contribution in [0.5, 0.6) is 0 Å². The van der Waals surface area contributed by atoms with Crippen LogP contribution in [0.1, 0.15) is 20.8 Å². The molecule has 1 fully saturated rings. The molecule has 0 spiro atoms. The Balaban J connectivity index is 2.57. The zero-order valence-corrected chi connectivity index (χ0v) is 6.76. The second-order valence-electron chi connectivity index (χ2n) is 3.33. The Labute approximate surface area is 61.6 Å². The van der Waals surface area contributed by atoms with Crippen LogP contribution in [0.4, 0.5) is 0 Å². The Hall–Kier alpha value is -0.530. The van der Waals surface area contributed by atoms with Crippen LogP contribution in [0.25, 0.3) is 0 Å². The monoisotopic (exact) mass is 142 g/mol. The summed E-state index contributed by atoms with van der Waals surface area (Å²) in [5, 5.41) is 0. The molecule has 2 nitrogen and oxygen atoms in total. The first-order valence-corrected chi connectivity index (χ1v) is 3.79. The van der Waals surface area contributed by atoms with Crippen LogP contribution in [0.2, 0.25) is 0 Å². The Morgan fingerprint density at radius 1 is 1.60 bits per heavy atom. The Bertz CT molecular complexity index is 140. The van der Waals surface area contributed by atoms with Crippen LogP contribution in [0.15, 0.2) is 0 Å². The van der Waals surface area contributed by atoms with Crippen LogP contribution in [-0.2, 0) is 9.53 Å². The maximum absolute atomic E-state index is 10.9. The molecule has 0 saturated carbocycles. The molecule has 1 heterocycles. The van der Waals surface area contributed by atoms with E-state index >= 15 is 0 Å². The lowest BCUT2D eigenvalue weighted by molar-refractivity contribution is -0.140. The first-order chi connectivity index (χ1) is 4.63. The normalized spacial score (nSPS) is 33.0. The molecule has 1 rings (SSSR count). The van der Waals surface area contributed by atoms with Crippen LogP contribution in [0, 0.1) is 17.8 Å². The van der Waals surface area contributed by atoms with Crippen LogP contribution in [0.3, 0.4) is 0 Å². The number of esters is 1. The molecule has 0 aromatic rings. The molecule has 1 aliphatic rings. The van der Waals surface area contributed by atoms with Crippen molar-refractivity contribution in [2.75, 3.05) is 6.61 Å². The van der Waals surface area contributed by atoms with Crippen molar-refractivity contribution in [1.82, 2.24) is 0 Å². The topological polar surface area (TPSA) is 26.3 Å². The molecule has 2 heteroatoms. The lowest BCUT2D eigenvalue weighted by Gasteiger charge is -2.13. The maximum Gasteiger partial charge on any atom is 0.309 e. The minimum Gasteiger partial charge on any atom is -0.465 e. The molecule has 0 aromatic carbocycles. The van der Waals surface area contributed by atoms with Crippen molar-refractivity contribution < 1.29 is 9.53 Å². The van der Waals surface area contributed by atoms with Gasteiger partial charge in [-0.2, -0.15) is 0 Å². The van der Waals surface area contributed by atoms with E-state index in [2.05, 4.69) is 13.8 Å². The molecule has 58 valence electrons. The van der Waals surface area contributed by atoms with E-state index < -0.39 is 0 Å². The highest BCUT2D eigenvalue weighted by atomic mass is 16.5. The van der Waals surface area contributed by atoms with Gasteiger partial charge in [-0.3, -0.25) is 4.79 Å². The summed E-state index contributed by atoms with van der Waals surface area (Å²) in [6, 6.07) is 0. The summed E-state index contributed by atoms with van der Waals surface area (Å²) in [6.07, 6.45) is 0. The van der Waals surface area contributed by atoms with E-state index in [1.807, 2.05) is 6.92 Å². The van der Waals surface area contributed by atoms with E-state index in [1.54, 1.807) is 0 Å². The summed E-state index contributed by atoms with van der Waals surface area (Å²) in [5.74, 6) is 1.08. The smallest absolute Gasteiger partial charge is 0.309 e. The summed E-state index contributed by atoms with van der Waals surface area (Å²) < 4.78 is 4.90. The molecule has 0 unspecified atom stereocenters. The van der Waals surface area contributed by atoms with Gasteiger partial charge in [-0.15, -0.1) is 0 Å². The minimum atomic E-state index is -0.0290. The highest BCUT2D eigenvalue weighted by molar-refractivity contribution is 5.74. The SMILES string of the molecule is CC(C)[C@H]1COC(=O)[C@H]1C. The lowest BCUT2D eigenvalue weighted by Crippen LogP contribution is -2.17. The fourth-order valence-corrected chi connectivity index (χ4v) is 1.40. The zero-order valence-electron chi connectivity index (χ0n) is 6.76. The number of hydrogen-bond acceptors (Lipinski definition) is 2. The molecule has 0 aliphatic carbocycles. The van der Waals surface area contributed by atoms with E-state index in [9.17, 15) is 4.79 Å². The predicted octanol–water partition coefficient (Wildman–Crippen LogP) is 1.45. The second-order valence-corrected chi connectivity index (χ2v) is 3.33. The Morgan fingerprint density at radius 3 is 2.40 bits per heavy atom. The third kappa shape index (κ3) is 1.15. The van der Waals surface area contributed by atoms with E-state index in [0.717, 1.165) is 0 Å². The summed E-state index contributed by atoms with van der Waals surface area (Å²) in [6.45, 7) is 6.82. The summed E-state index contributed by atoms with van der Waals surface area (Å²) in [7, 11) is 0. The molecule has 0 amide bonds. The van der Waals surface area contributed by atoms with Crippen molar-refractivity contribution in [3.8, 4) is 0 Å². The van der Waals surface area contributed by atoms with Gasteiger partial charge < -0.3 is 4.74 Å². The van der Waals surface area contributed by atoms with Crippen molar-refractivity contribution in [3.63, 3.8) is 0 Å². The number of hydrogen-bond donors (Lipinski definition) is 0. The van der Waals surface area contributed by atoms with Crippen molar-refractivity contribution in [2.24, 2.45) is 17.8 Å². The van der Waals surface area contributed by atoms with Crippen LogP contribution in [-0.4, -0.2) is 12.6 Å². The standard InChI is InChI=1S/C8H14O2/c1-5(2)7-4-10-8(9)6(7)3/h5-7H,4H2,1-3H3/t6-,7+/m0/s1. The van der Waals surface area contributed by atoms with Gasteiger partial charge in [-0.05, 0) is 5.92 Å². The molecule has 10 heavy (non-hydrogen) atoms. The zero-order chi connectivity index (χ0) is 7.72. The van der Waals surface area contributed by atoms with Gasteiger partial charge in [-0.25, -0.2) is 0 Å². The third-order valence-electron chi connectivity index (χ3n) is 2.29. The number of rotatable bonds is 1. The summed E-state index contributed by atoms with van der Waals surface area (Å²) >= 11 is 0. The van der Waals surface area contributed by atoms with E-state index in [0.29, 0.717) is 18.4 Å². The number of cyclic esters (lactones) is 1. The Kier molecular flexibility index (Phi) is 1.97. The molecule has 1 saturated heterocycles. The molecule has 1 aliphatic heterocycles. The molecule has 0 aromatic heterocycles. The number of ether oxygens (including phenoxy) is 1. The maximum atomic E-state index is 10.9. The molecule has 0 bridgehead atoms. The highest BCUT2D eigenvalue weighted by Crippen LogP contribution is 2.27. The van der Waals surface area contributed by atoms with E-state index in [1.165, 1.54) is 0 Å². The third-order valence-corrected chi connectivity index (χ3v) is 2.29. The quantitative estimate of drug-likeness (QED) is 0.518. The summed E-state index contributed by atoms with van der Waals surface area (Å²) in [4.78, 5) is 10.9. The predicted molar refractivity (Wildman–Crippen MR) is 38.5 cm³/mol. The largest absolute Gasteiger partial charge is 0.465 e. The molecule has 0 N–H and O–H groups in total. The number of carbonyl (C=O) groups excluding carboxylic acids is 1. The van der Waals surface area contributed by atoms with Gasteiger partial charge in [0, 0.05) is 5.92 Å². The first kappa shape index (κ1) is 7.58. The van der Waals surface area contributed by atoms with Crippen LogP contribution < -0.4 is 0 Å². The second kappa shape index (κ2) is 2.60. The number of carbonyl (C=O) groups is 1. The summed E-state index contributed by atoms with van der Waals surface area (Å²) in [5.41, 5.74) is 0. The average Bonchev–Trinajstić information content (AvgIpc) is 2.14. The molecular formula is C8H14O2. The van der Waals surface area contributed by atoms with Gasteiger partial charge >= 0.3 is 5.97 Å². The lowest BCUT2D eigenvalue weighted by atomic mass is 9.87. The van der Waals surface area contributed by atoms with Gasteiger partial charge in [0.1, 0.15) is 0 Å². The molecule has 2 atom stereocenters. The van der Waals surface area contributed by atoms with Gasteiger partial charge in [0.15, 0.2) is 0 Å².